The smallest absolute Gasteiger partial charge is 0.293 e. The Labute approximate surface area is 186 Å². The van der Waals surface area contributed by atoms with Crippen LogP contribution < -0.4 is 5.32 Å². The van der Waals surface area contributed by atoms with Gasteiger partial charge in [-0.05, 0) is 50.1 Å². The van der Waals surface area contributed by atoms with Crippen molar-refractivity contribution < 1.29 is 19.1 Å². The Morgan fingerprint density at radius 2 is 2.06 bits per heavy atom. The van der Waals surface area contributed by atoms with E-state index in [1.54, 1.807) is 13.2 Å². The van der Waals surface area contributed by atoms with Gasteiger partial charge in [0.2, 0.25) is 5.91 Å². The van der Waals surface area contributed by atoms with Crippen LogP contribution in [0.15, 0.2) is 29.3 Å². The number of hydrogen-bond acceptors (Lipinski definition) is 5. The molecule has 1 fully saturated rings. The number of fused-ring (bicyclic) bond motifs is 1. The number of aryl methyl sites for hydroxylation is 1. The molecule has 2 aromatic rings. The molecule has 1 aliphatic rings. The molecule has 0 atom stereocenters. The molecule has 0 aliphatic carbocycles. The SMILES string of the molecule is CCc1cccc2c(/C=C3\SC(=O)N(C(C)C)C3=O)cn(CC(=O)NCCCOC)c12. The van der Waals surface area contributed by atoms with E-state index in [1.807, 2.05) is 42.8 Å². The van der Waals surface area contributed by atoms with Crippen LogP contribution in [0.2, 0.25) is 0 Å². The molecule has 8 heteroatoms. The van der Waals surface area contributed by atoms with Crippen LogP contribution >= 0.6 is 11.8 Å². The zero-order valence-electron chi connectivity index (χ0n) is 18.4. The molecule has 2 heterocycles. The fourth-order valence-corrected chi connectivity index (χ4v) is 4.66. The second-order valence-corrected chi connectivity index (χ2v) is 8.71. The summed E-state index contributed by atoms with van der Waals surface area (Å²) in [5, 5.41) is 3.63. The topological polar surface area (TPSA) is 80.6 Å². The average Bonchev–Trinajstić information content (AvgIpc) is 3.22. The molecule has 31 heavy (non-hydrogen) atoms. The number of carbonyl (C=O) groups excluding carboxylic acids is 3. The number of nitrogens with zero attached hydrogens (tertiary/aromatic N) is 2. The monoisotopic (exact) mass is 443 g/mol. The number of aromatic nitrogens is 1. The molecule has 1 aliphatic heterocycles. The first-order valence-corrected chi connectivity index (χ1v) is 11.3. The van der Waals surface area contributed by atoms with E-state index in [0.717, 1.165) is 46.6 Å². The molecule has 7 nitrogen and oxygen atoms in total. The van der Waals surface area contributed by atoms with E-state index in [9.17, 15) is 14.4 Å². The predicted octanol–water partition coefficient (Wildman–Crippen LogP) is 3.80. The van der Waals surface area contributed by atoms with Gasteiger partial charge in [-0.1, -0.05) is 25.1 Å². The van der Waals surface area contributed by atoms with E-state index in [4.69, 9.17) is 4.74 Å². The molecule has 3 amide bonds. The second kappa shape index (κ2) is 10.2. The summed E-state index contributed by atoms with van der Waals surface area (Å²) in [6.45, 7) is 7.06. The van der Waals surface area contributed by atoms with E-state index >= 15 is 0 Å². The summed E-state index contributed by atoms with van der Waals surface area (Å²) >= 11 is 0.960. The minimum absolute atomic E-state index is 0.0782. The molecule has 0 saturated carbocycles. The molecule has 1 aromatic heterocycles. The Balaban J connectivity index is 1.94. The fraction of sp³-hybridized carbons (Fsp3) is 0.435. The molecule has 1 saturated heterocycles. The number of amides is 3. The lowest BCUT2D eigenvalue weighted by Gasteiger charge is -2.16. The molecule has 3 rings (SSSR count). The minimum atomic E-state index is -0.270. The zero-order valence-corrected chi connectivity index (χ0v) is 19.3. The number of carbonyl (C=O) groups is 3. The molecule has 166 valence electrons. The number of hydrogen-bond donors (Lipinski definition) is 1. The molecule has 1 aromatic carbocycles. The Hall–Kier alpha value is -2.58. The first kappa shape index (κ1) is 23.1. The van der Waals surface area contributed by atoms with Crippen LogP contribution in [0.3, 0.4) is 0 Å². The van der Waals surface area contributed by atoms with Crippen LogP contribution in [-0.4, -0.2) is 52.8 Å². The average molecular weight is 444 g/mol. The third kappa shape index (κ3) is 5.02. The van der Waals surface area contributed by atoms with Gasteiger partial charge in [0.15, 0.2) is 0 Å². The third-order valence-electron chi connectivity index (χ3n) is 5.18. The normalized spacial score (nSPS) is 15.6. The summed E-state index contributed by atoms with van der Waals surface area (Å²) in [5.41, 5.74) is 2.93. The van der Waals surface area contributed by atoms with Gasteiger partial charge in [-0.25, -0.2) is 0 Å². The van der Waals surface area contributed by atoms with Crippen molar-refractivity contribution in [1.82, 2.24) is 14.8 Å². The van der Waals surface area contributed by atoms with Gasteiger partial charge in [0, 0.05) is 43.4 Å². The van der Waals surface area contributed by atoms with Gasteiger partial charge >= 0.3 is 0 Å². The van der Waals surface area contributed by atoms with Crippen molar-refractivity contribution in [3.05, 3.63) is 40.4 Å². The highest BCUT2D eigenvalue weighted by atomic mass is 32.2. The Morgan fingerprint density at radius 3 is 2.71 bits per heavy atom. The number of methoxy groups -OCH3 is 1. The van der Waals surface area contributed by atoms with E-state index in [1.165, 1.54) is 4.90 Å². The highest BCUT2D eigenvalue weighted by Crippen LogP contribution is 2.35. The van der Waals surface area contributed by atoms with E-state index in [2.05, 4.69) is 12.2 Å². The standard InChI is InChI=1S/C23H29N3O4S/c1-5-16-8-6-9-18-17(12-19-22(28)26(15(2)3)23(29)31-19)13-25(21(16)18)14-20(27)24-10-7-11-30-4/h6,8-9,12-13,15H,5,7,10-11,14H2,1-4H3,(H,24,27)/b19-12-. The van der Waals surface area contributed by atoms with Crippen LogP contribution in [0.25, 0.3) is 17.0 Å². The number of para-hydroxylation sites is 1. The number of thioether (sulfide) groups is 1. The molecule has 1 N–H and O–H groups in total. The van der Waals surface area contributed by atoms with Gasteiger partial charge in [0.1, 0.15) is 6.54 Å². The number of rotatable bonds is 9. The Bertz CT molecular complexity index is 1030. The van der Waals surface area contributed by atoms with Gasteiger partial charge < -0.3 is 14.6 Å². The molecular formula is C23H29N3O4S. The van der Waals surface area contributed by atoms with Crippen molar-refractivity contribution >= 4 is 45.8 Å². The Morgan fingerprint density at radius 1 is 1.29 bits per heavy atom. The second-order valence-electron chi connectivity index (χ2n) is 7.72. The van der Waals surface area contributed by atoms with Crippen molar-refractivity contribution in [2.75, 3.05) is 20.3 Å². The maximum Gasteiger partial charge on any atom is 0.293 e. The van der Waals surface area contributed by atoms with Gasteiger partial charge in [0.25, 0.3) is 11.1 Å². The molecular weight excluding hydrogens is 414 g/mol. The van der Waals surface area contributed by atoms with Crippen LogP contribution in [-0.2, 0) is 27.3 Å². The summed E-state index contributed by atoms with van der Waals surface area (Å²) in [6.07, 6.45) is 5.23. The highest BCUT2D eigenvalue weighted by molar-refractivity contribution is 8.18. The van der Waals surface area contributed by atoms with Crippen LogP contribution in [0.1, 0.15) is 38.3 Å². The van der Waals surface area contributed by atoms with Crippen LogP contribution in [0.4, 0.5) is 4.79 Å². The maximum atomic E-state index is 12.7. The summed E-state index contributed by atoms with van der Waals surface area (Å²) in [5.74, 6) is -0.348. The molecule has 0 radical (unpaired) electrons. The summed E-state index contributed by atoms with van der Waals surface area (Å²) in [4.78, 5) is 39.1. The predicted molar refractivity (Wildman–Crippen MR) is 124 cm³/mol. The molecule has 0 spiro atoms. The maximum absolute atomic E-state index is 12.7. The van der Waals surface area contributed by atoms with E-state index in [0.29, 0.717) is 18.1 Å². The van der Waals surface area contributed by atoms with Crippen molar-refractivity contribution in [3.8, 4) is 0 Å². The number of nitrogens with one attached hydrogen (secondary N) is 1. The Kier molecular flexibility index (Phi) is 7.56. The van der Waals surface area contributed by atoms with E-state index < -0.39 is 0 Å². The van der Waals surface area contributed by atoms with Crippen molar-refractivity contribution in [2.45, 2.75) is 46.2 Å². The lowest BCUT2D eigenvalue weighted by atomic mass is 10.1. The van der Waals surface area contributed by atoms with Crippen molar-refractivity contribution in [1.29, 1.82) is 0 Å². The van der Waals surface area contributed by atoms with Crippen LogP contribution in [0, 0.1) is 0 Å². The van der Waals surface area contributed by atoms with E-state index in [-0.39, 0.29) is 29.6 Å². The molecule has 0 unspecified atom stereocenters. The van der Waals surface area contributed by atoms with Gasteiger partial charge in [-0.2, -0.15) is 0 Å². The first-order valence-electron chi connectivity index (χ1n) is 10.5. The van der Waals surface area contributed by atoms with Gasteiger partial charge in [-0.15, -0.1) is 0 Å². The number of imide groups is 1. The summed E-state index contributed by atoms with van der Waals surface area (Å²) < 4.78 is 6.94. The largest absolute Gasteiger partial charge is 0.385 e. The van der Waals surface area contributed by atoms with Gasteiger partial charge in [0.05, 0.1) is 10.4 Å². The lowest BCUT2D eigenvalue weighted by molar-refractivity contribution is -0.124. The molecule has 0 bridgehead atoms. The van der Waals surface area contributed by atoms with Crippen LogP contribution in [0.5, 0.6) is 0 Å². The fourth-order valence-electron chi connectivity index (χ4n) is 3.71. The lowest BCUT2D eigenvalue weighted by Crippen LogP contribution is -2.34. The minimum Gasteiger partial charge on any atom is -0.385 e. The van der Waals surface area contributed by atoms with Gasteiger partial charge in [-0.3, -0.25) is 19.3 Å². The first-order chi connectivity index (χ1) is 14.9. The quantitative estimate of drug-likeness (QED) is 0.471. The summed E-state index contributed by atoms with van der Waals surface area (Å²) in [7, 11) is 1.64. The number of ether oxygens (including phenoxy) is 1. The third-order valence-corrected chi connectivity index (χ3v) is 6.07. The number of benzene rings is 1. The van der Waals surface area contributed by atoms with Crippen molar-refractivity contribution in [3.63, 3.8) is 0 Å². The zero-order chi connectivity index (χ0) is 22.5. The summed E-state index contributed by atoms with van der Waals surface area (Å²) in [6, 6.07) is 5.83. The highest BCUT2D eigenvalue weighted by Gasteiger charge is 2.36. The van der Waals surface area contributed by atoms with Crippen molar-refractivity contribution in [2.24, 2.45) is 0 Å².